The lowest BCUT2D eigenvalue weighted by molar-refractivity contribution is 0.180. The van der Waals surface area contributed by atoms with Crippen molar-refractivity contribution < 1.29 is 4.52 Å². The Morgan fingerprint density at radius 1 is 1.35 bits per heavy atom. The van der Waals surface area contributed by atoms with E-state index in [1.165, 1.54) is 0 Å². The third-order valence-electron chi connectivity index (χ3n) is 4.06. The van der Waals surface area contributed by atoms with Crippen molar-refractivity contribution in [3.8, 4) is 0 Å². The van der Waals surface area contributed by atoms with E-state index in [4.69, 9.17) is 10.3 Å². The summed E-state index contributed by atoms with van der Waals surface area (Å²) in [5, 5.41) is 4.11. The predicted molar refractivity (Wildman–Crippen MR) is 86.5 cm³/mol. The maximum Gasteiger partial charge on any atom is 0.231 e. The van der Waals surface area contributed by atoms with Crippen LogP contribution < -0.4 is 5.73 Å². The molecule has 2 N–H and O–H groups in total. The molecule has 1 aliphatic heterocycles. The average Bonchev–Trinajstić information content (AvgIpc) is 2.98. The first-order chi connectivity index (χ1) is 11.1. The monoisotopic (exact) mass is 316 g/mol. The molecule has 0 saturated carbocycles. The lowest BCUT2D eigenvalue weighted by atomic mass is 9.97. The highest BCUT2D eigenvalue weighted by Gasteiger charge is 2.26. The summed E-state index contributed by atoms with van der Waals surface area (Å²) in [5.74, 6) is 2.76. The van der Waals surface area contributed by atoms with Gasteiger partial charge in [0.05, 0.1) is 5.92 Å². The number of anilines is 1. The summed E-state index contributed by atoms with van der Waals surface area (Å²) in [6.07, 6.45) is 6.67. The third kappa shape index (κ3) is 4.25. The van der Waals surface area contributed by atoms with Crippen molar-refractivity contribution >= 4 is 5.95 Å². The minimum Gasteiger partial charge on any atom is -0.368 e. The molecule has 0 spiro atoms. The van der Waals surface area contributed by atoms with E-state index in [1.54, 1.807) is 12.4 Å². The van der Waals surface area contributed by atoms with E-state index in [2.05, 4.69) is 38.9 Å². The van der Waals surface area contributed by atoms with Crippen LogP contribution in [0, 0.1) is 5.92 Å². The molecule has 0 amide bonds. The molecule has 3 heterocycles. The predicted octanol–water partition coefficient (Wildman–Crippen LogP) is 2.02. The van der Waals surface area contributed by atoms with Crippen molar-refractivity contribution in [3.63, 3.8) is 0 Å². The molecule has 0 radical (unpaired) electrons. The summed E-state index contributed by atoms with van der Waals surface area (Å²) < 4.78 is 5.49. The molecule has 1 fully saturated rings. The van der Waals surface area contributed by atoms with E-state index in [1.807, 2.05) is 0 Å². The van der Waals surface area contributed by atoms with Gasteiger partial charge in [0.1, 0.15) is 0 Å². The van der Waals surface area contributed by atoms with Crippen LogP contribution in [0.3, 0.4) is 0 Å². The van der Waals surface area contributed by atoms with Crippen LogP contribution in [0.15, 0.2) is 16.9 Å². The van der Waals surface area contributed by atoms with Crippen LogP contribution in [0.4, 0.5) is 5.95 Å². The van der Waals surface area contributed by atoms with E-state index in [0.717, 1.165) is 56.2 Å². The SMILES string of the molecule is CC(C)Cc1noc([C@H]2CCCN(Cc3cnc(N)nc3)C2)n1. The highest BCUT2D eigenvalue weighted by Crippen LogP contribution is 2.26. The van der Waals surface area contributed by atoms with Crippen molar-refractivity contribution in [2.75, 3.05) is 18.8 Å². The summed E-state index contributed by atoms with van der Waals surface area (Å²) >= 11 is 0. The molecule has 23 heavy (non-hydrogen) atoms. The summed E-state index contributed by atoms with van der Waals surface area (Å²) in [4.78, 5) is 15.1. The van der Waals surface area contributed by atoms with Gasteiger partial charge in [0.2, 0.25) is 11.8 Å². The van der Waals surface area contributed by atoms with Crippen molar-refractivity contribution in [1.29, 1.82) is 0 Å². The van der Waals surface area contributed by atoms with Gasteiger partial charge in [0.25, 0.3) is 0 Å². The van der Waals surface area contributed by atoms with E-state index < -0.39 is 0 Å². The van der Waals surface area contributed by atoms with Gasteiger partial charge in [-0.15, -0.1) is 0 Å². The molecule has 1 saturated heterocycles. The van der Waals surface area contributed by atoms with E-state index in [-0.39, 0.29) is 0 Å². The second-order valence-electron chi connectivity index (χ2n) is 6.67. The molecular weight excluding hydrogens is 292 g/mol. The summed E-state index contributed by atoms with van der Waals surface area (Å²) in [7, 11) is 0. The van der Waals surface area contributed by atoms with E-state index in [9.17, 15) is 0 Å². The molecule has 0 aromatic carbocycles. The molecule has 1 atom stereocenters. The number of rotatable bonds is 5. The fraction of sp³-hybridized carbons (Fsp3) is 0.625. The van der Waals surface area contributed by atoms with Crippen LogP contribution in [0.25, 0.3) is 0 Å². The minimum atomic E-state index is 0.312. The summed E-state index contributed by atoms with van der Waals surface area (Å²) in [6.45, 7) is 7.13. The number of piperidine rings is 1. The van der Waals surface area contributed by atoms with Crippen molar-refractivity contribution in [1.82, 2.24) is 25.0 Å². The Morgan fingerprint density at radius 3 is 2.87 bits per heavy atom. The van der Waals surface area contributed by atoms with Gasteiger partial charge in [0.15, 0.2) is 5.82 Å². The molecular formula is C16H24N6O. The number of hydrogen-bond donors (Lipinski definition) is 1. The van der Waals surface area contributed by atoms with Gasteiger partial charge >= 0.3 is 0 Å². The lowest BCUT2D eigenvalue weighted by Gasteiger charge is -2.30. The van der Waals surface area contributed by atoms with Gasteiger partial charge in [-0.05, 0) is 25.3 Å². The Labute approximate surface area is 136 Å². The largest absolute Gasteiger partial charge is 0.368 e. The van der Waals surface area contributed by atoms with Gasteiger partial charge in [-0.2, -0.15) is 4.98 Å². The normalized spacial score (nSPS) is 19.3. The zero-order valence-electron chi connectivity index (χ0n) is 13.8. The maximum atomic E-state index is 5.53. The van der Waals surface area contributed by atoms with Gasteiger partial charge in [-0.25, -0.2) is 9.97 Å². The van der Waals surface area contributed by atoms with Crippen molar-refractivity contribution in [2.24, 2.45) is 5.92 Å². The number of likely N-dealkylation sites (tertiary alicyclic amines) is 1. The standard InChI is InChI=1S/C16H24N6O/c1-11(2)6-14-20-15(23-21-14)13-4-3-5-22(10-13)9-12-7-18-16(17)19-8-12/h7-8,11,13H,3-6,9-10H2,1-2H3,(H2,17,18,19)/t13-/m0/s1. The Morgan fingerprint density at radius 2 is 2.13 bits per heavy atom. The van der Waals surface area contributed by atoms with Gasteiger partial charge < -0.3 is 10.3 Å². The van der Waals surface area contributed by atoms with Crippen molar-refractivity contribution in [2.45, 2.75) is 45.6 Å². The van der Waals surface area contributed by atoms with Gasteiger partial charge in [-0.3, -0.25) is 4.90 Å². The zero-order chi connectivity index (χ0) is 16.2. The fourth-order valence-corrected chi connectivity index (χ4v) is 2.99. The molecule has 2 aromatic rings. The Balaban J connectivity index is 1.61. The molecule has 124 valence electrons. The smallest absolute Gasteiger partial charge is 0.231 e. The lowest BCUT2D eigenvalue weighted by Crippen LogP contribution is -2.34. The molecule has 7 heteroatoms. The average molecular weight is 316 g/mol. The zero-order valence-corrected chi connectivity index (χ0v) is 13.8. The maximum absolute atomic E-state index is 5.53. The van der Waals surface area contributed by atoms with Gasteiger partial charge in [0, 0.05) is 37.5 Å². The molecule has 1 aliphatic rings. The van der Waals surface area contributed by atoms with Crippen molar-refractivity contribution in [3.05, 3.63) is 29.7 Å². The summed E-state index contributed by atoms with van der Waals surface area (Å²) in [5.41, 5.74) is 6.61. The number of nitrogens with zero attached hydrogens (tertiary/aromatic N) is 5. The fourth-order valence-electron chi connectivity index (χ4n) is 2.99. The molecule has 0 unspecified atom stereocenters. The first-order valence-corrected chi connectivity index (χ1v) is 8.21. The highest BCUT2D eigenvalue weighted by molar-refractivity contribution is 5.17. The minimum absolute atomic E-state index is 0.312. The quantitative estimate of drug-likeness (QED) is 0.901. The van der Waals surface area contributed by atoms with Gasteiger partial charge in [-0.1, -0.05) is 19.0 Å². The Bertz CT molecular complexity index is 624. The second kappa shape index (κ2) is 7.04. The van der Waals surface area contributed by atoms with Crippen LogP contribution in [0.5, 0.6) is 0 Å². The topological polar surface area (TPSA) is 94.0 Å². The third-order valence-corrected chi connectivity index (χ3v) is 4.06. The van der Waals surface area contributed by atoms with Crippen LogP contribution in [-0.2, 0) is 13.0 Å². The molecule has 2 aromatic heterocycles. The Hall–Kier alpha value is -2.02. The van der Waals surface area contributed by atoms with E-state index >= 15 is 0 Å². The van der Waals surface area contributed by atoms with Crippen LogP contribution in [0.1, 0.15) is 49.9 Å². The number of hydrogen-bond acceptors (Lipinski definition) is 7. The Kier molecular flexibility index (Phi) is 4.85. The molecule has 7 nitrogen and oxygen atoms in total. The number of aromatic nitrogens is 4. The first-order valence-electron chi connectivity index (χ1n) is 8.21. The van der Waals surface area contributed by atoms with Crippen LogP contribution in [-0.4, -0.2) is 38.1 Å². The van der Waals surface area contributed by atoms with E-state index in [0.29, 0.717) is 17.8 Å². The molecule has 0 aliphatic carbocycles. The number of nitrogens with two attached hydrogens (primary N) is 1. The number of nitrogen functional groups attached to an aromatic ring is 1. The second-order valence-corrected chi connectivity index (χ2v) is 6.67. The summed E-state index contributed by atoms with van der Waals surface area (Å²) in [6, 6.07) is 0. The highest BCUT2D eigenvalue weighted by atomic mass is 16.5. The molecule has 3 rings (SSSR count). The van der Waals surface area contributed by atoms with Crippen LogP contribution >= 0.6 is 0 Å². The first kappa shape index (κ1) is 15.9. The van der Waals surface area contributed by atoms with Crippen LogP contribution in [0.2, 0.25) is 0 Å². The molecule has 0 bridgehead atoms.